The van der Waals surface area contributed by atoms with Gasteiger partial charge in [-0.2, -0.15) is 0 Å². The molecule has 10 heteroatoms. The molecule has 0 bridgehead atoms. The second kappa shape index (κ2) is 10.4. The maximum absolute atomic E-state index is 11.9. The minimum absolute atomic E-state index is 0.202. The molecule has 2 N–H and O–H groups in total. The van der Waals surface area contributed by atoms with E-state index in [2.05, 4.69) is 15.6 Å². The van der Waals surface area contributed by atoms with Crippen molar-refractivity contribution in [1.29, 1.82) is 0 Å². The van der Waals surface area contributed by atoms with Crippen LogP contribution in [0, 0.1) is 0 Å². The maximum atomic E-state index is 11.9. The third kappa shape index (κ3) is 4.87. The first-order valence-corrected chi connectivity index (χ1v) is 12.6. The van der Waals surface area contributed by atoms with Gasteiger partial charge in [0, 0.05) is 35.7 Å². The molecule has 2 atom stereocenters. The lowest BCUT2D eigenvalue weighted by molar-refractivity contribution is -0.114. The van der Waals surface area contributed by atoms with Gasteiger partial charge in [-0.1, -0.05) is 29.3 Å². The molecule has 4 aromatic rings. The smallest absolute Gasteiger partial charge is 0.221 e. The van der Waals surface area contributed by atoms with Gasteiger partial charge < -0.3 is 24.8 Å². The zero-order chi connectivity index (χ0) is 26.1. The van der Waals surface area contributed by atoms with E-state index in [4.69, 9.17) is 40.2 Å². The van der Waals surface area contributed by atoms with Crippen molar-refractivity contribution in [3.8, 4) is 11.4 Å². The highest BCUT2D eigenvalue weighted by Crippen LogP contribution is 2.44. The zero-order valence-electron chi connectivity index (χ0n) is 20.0. The van der Waals surface area contributed by atoms with Gasteiger partial charge in [0.15, 0.2) is 5.11 Å². The molecule has 1 aliphatic rings. The Kier molecular flexibility index (Phi) is 7.06. The fraction of sp³-hybridized carbons (Fsp3) is 0.148. The minimum Gasteiger partial charge on any atom is -0.495 e. The van der Waals surface area contributed by atoms with Crippen LogP contribution in [0.4, 0.5) is 11.4 Å². The number of thiocarbonyl (C=S) groups is 1. The number of ether oxygens (including phenoxy) is 1. The highest BCUT2D eigenvalue weighted by molar-refractivity contribution is 7.80. The number of rotatable bonds is 6. The summed E-state index contributed by atoms with van der Waals surface area (Å²) in [7, 11) is 1.56. The predicted octanol–water partition coefficient (Wildman–Crippen LogP) is 6.32. The summed E-state index contributed by atoms with van der Waals surface area (Å²) in [5.74, 6) is 0.345. The number of carbonyl (C=O) groups is 1. The lowest BCUT2D eigenvalue weighted by Crippen LogP contribution is -2.30. The molecule has 3 heterocycles. The normalized spacial score (nSPS) is 17.0. The van der Waals surface area contributed by atoms with Gasteiger partial charge >= 0.3 is 0 Å². The van der Waals surface area contributed by atoms with Gasteiger partial charge in [0.25, 0.3) is 0 Å². The second-order valence-electron chi connectivity index (χ2n) is 8.46. The molecule has 1 aliphatic heterocycles. The monoisotopic (exact) mass is 551 g/mol. The molecular formula is C27H23Cl2N5O2S. The molecule has 1 amide bonds. The largest absolute Gasteiger partial charge is 0.495 e. The van der Waals surface area contributed by atoms with Crippen molar-refractivity contribution in [2.45, 2.75) is 19.0 Å². The van der Waals surface area contributed by atoms with Gasteiger partial charge in [-0.25, -0.2) is 0 Å². The summed E-state index contributed by atoms with van der Waals surface area (Å²) in [5.41, 5.74) is 3.89. The first-order valence-electron chi connectivity index (χ1n) is 11.5. The number of methoxy groups -OCH3 is 1. The molecule has 1 saturated heterocycles. The molecular weight excluding hydrogens is 529 g/mol. The average Bonchev–Trinajstić information content (AvgIpc) is 3.48. The van der Waals surface area contributed by atoms with Gasteiger partial charge in [-0.05, 0) is 72.9 Å². The Morgan fingerprint density at radius 3 is 2.65 bits per heavy atom. The third-order valence-corrected chi connectivity index (χ3v) is 6.97. The number of halogens is 2. The van der Waals surface area contributed by atoms with Gasteiger partial charge in [0.2, 0.25) is 5.91 Å². The lowest BCUT2D eigenvalue weighted by Gasteiger charge is -2.29. The summed E-state index contributed by atoms with van der Waals surface area (Å²) in [6.45, 7) is 1.46. The number of nitrogens with zero attached hydrogens (tertiary/aromatic N) is 3. The number of carbonyl (C=O) groups excluding carboxylic acids is 1. The van der Waals surface area contributed by atoms with E-state index in [1.165, 1.54) is 6.92 Å². The van der Waals surface area contributed by atoms with Crippen molar-refractivity contribution in [3.05, 3.63) is 101 Å². The lowest BCUT2D eigenvalue weighted by atomic mass is 10.0. The topological polar surface area (TPSA) is 71.4 Å². The zero-order valence-corrected chi connectivity index (χ0v) is 22.3. The summed E-state index contributed by atoms with van der Waals surface area (Å²) in [6, 6.07) is 20.2. The van der Waals surface area contributed by atoms with E-state index in [0.29, 0.717) is 26.6 Å². The number of aromatic nitrogens is 2. The van der Waals surface area contributed by atoms with E-state index >= 15 is 0 Å². The van der Waals surface area contributed by atoms with Crippen LogP contribution in [0.3, 0.4) is 0 Å². The molecule has 0 aliphatic carbocycles. The molecule has 0 unspecified atom stereocenters. The number of benzene rings is 2. The standard InChI is InChI=1S/C27H23Cl2N5O2S/c1-16(35)31-21-15-18(9-11-24(21)36-2)34-26(25(32-27(34)37)20-6-3-4-12-30-20)23-7-5-13-33(23)22-10-8-17(28)14-19(22)29/h3-15,25-26H,1-2H3,(H,31,35)(H,32,37)/t25-,26+/m1/s1. The molecule has 2 aromatic carbocycles. The summed E-state index contributed by atoms with van der Waals surface area (Å²) in [5, 5.41) is 7.91. The highest BCUT2D eigenvalue weighted by atomic mass is 35.5. The van der Waals surface area contributed by atoms with E-state index in [1.807, 2.05) is 70.3 Å². The number of hydrogen-bond donors (Lipinski definition) is 2. The summed E-state index contributed by atoms with van der Waals surface area (Å²) >= 11 is 18.6. The van der Waals surface area contributed by atoms with Crippen LogP contribution in [0.15, 0.2) is 79.1 Å². The van der Waals surface area contributed by atoms with E-state index in [0.717, 1.165) is 22.8 Å². The Labute approximate surface area is 230 Å². The second-order valence-corrected chi connectivity index (χ2v) is 9.69. The molecule has 5 rings (SSSR count). The van der Waals surface area contributed by atoms with E-state index < -0.39 is 0 Å². The summed E-state index contributed by atoms with van der Waals surface area (Å²) in [6.07, 6.45) is 3.72. The third-order valence-electron chi connectivity index (χ3n) is 6.12. The van der Waals surface area contributed by atoms with Crippen LogP contribution in [0.25, 0.3) is 5.69 Å². The van der Waals surface area contributed by atoms with E-state index in [-0.39, 0.29) is 18.0 Å². The summed E-state index contributed by atoms with van der Waals surface area (Å²) in [4.78, 5) is 18.5. The Morgan fingerprint density at radius 1 is 1.11 bits per heavy atom. The fourth-order valence-electron chi connectivity index (χ4n) is 4.60. The first kappa shape index (κ1) is 25.1. The summed E-state index contributed by atoms with van der Waals surface area (Å²) < 4.78 is 7.49. The Hall–Kier alpha value is -3.59. The fourth-order valence-corrected chi connectivity index (χ4v) is 5.44. The van der Waals surface area contributed by atoms with Crippen molar-refractivity contribution in [2.24, 2.45) is 0 Å². The quantitative estimate of drug-likeness (QED) is 0.273. The SMILES string of the molecule is COc1ccc(N2C(=S)N[C@H](c3ccccn3)[C@@H]2c2cccn2-c2ccc(Cl)cc2Cl)cc1NC(C)=O. The highest BCUT2D eigenvalue weighted by Gasteiger charge is 2.42. The number of hydrogen-bond acceptors (Lipinski definition) is 4. The Bertz CT molecular complexity index is 1480. The van der Waals surface area contributed by atoms with Crippen LogP contribution in [-0.4, -0.2) is 27.7 Å². The van der Waals surface area contributed by atoms with Crippen LogP contribution in [0.5, 0.6) is 5.75 Å². The number of amides is 1. The van der Waals surface area contributed by atoms with Gasteiger partial charge in [-0.15, -0.1) is 0 Å². The van der Waals surface area contributed by atoms with Gasteiger partial charge in [-0.3, -0.25) is 9.78 Å². The van der Waals surface area contributed by atoms with Crippen molar-refractivity contribution in [1.82, 2.24) is 14.9 Å². The molecule has 37 heavy (non-hydrogen) atoms. The Balaban J connectivity index is 1.67. The van der Waals surface area contributed by atoms with Crippen molar-refractivity contribution >= 4 is 57.8 Å². The van der Waals surface area contributed by atoms with E-state index in [9.17, 15) is 4.79 Å². The van der Waals surface area contributed by atoms with Gasteiger partial charge in [0.1, 0.15) is 11.8 Å². The van der Waals surface area contributed by atoms with Crippen LogP contribution < -0.4 is 20.3 Å². The number of pyridine rings is 1. The number of nitrogens with one attached hydrogen (secondary N) is 2. The number of anilines is 2. The van der Waals surface area contributed by atoms with Crippen molar-refractivity contribution in [3.63, 3.8) is 0 Å². The molecule has 0 spiro atoms. The molecule has 1 fully saturated rings. The molecule has 2 aromatic heterocycles. The molecule has 188 valence electrons. The molecule has 7 nitrogen and oxygen atoms in total. The maximum Gasteiger partial charge on any atom is 0.221 e. The average molecular weight is 552 g/mol. The Morgan fingerprint density at radius 2 is 1.95 bits per heavy atom. The van der Waals surface area contributed by atoms with Crippen LogP contribution >= 0.6 is 35.4 Å². The van der Waals surface area contributed by atoms with Crippen molar-refractivity contribution in [2.75, 3.05) is 17.3 Å². The van der Waals surface area contributed by atoms with Gasteiger partial charge in [0.05, 0.1) is 35.2 Å². The molecule has 0 saturated carbocycles. The van der Waals surface area contributed by atoms with E-state index in [1.54, 1.807) is 25.4 Å². The van der Waals surface area contributed by atoms with Crippen LogP contribution in [-0.2, 0) is 4.79 Å². The first-order chi connectivity index (χ1) is 17.9. The minimum atomic E-state index is -0.303. The van der Waals surface area contributed by atoms with Crippen LogP contribution in [0.2, 0.25) is 10.0 Å². The predicted molar refractivity (Wildman–Crippen MR) is 151 cm³/mol. The van der Waals surface area contributed by atoms with Crippen LogP contribution in [0.1, 0.15) is 30.4 Å². The van der Waals surface area contributed by atoms with Crippen molar-refractivity contribution < 1.29 is 9.53 Å². The molecule has 0 radical (unpaired) electrons.